The van der Waals surface area contributed by atoms with Crippen LogP contribution in [0.1, 0.15) is 35.1 Å². The van der Waals surface area contributed by atoms with Gasteiger partial charge in [0.2, 0.25) is 0 Å². The molecule has 22 heavy (non-hydrogen) atoms. The van der Waals surface area contributed by atoms with E-state index in [2.05, 4.69) is 15.4 Å². The van der Waals surface area contributed by atoms with Crippen LogP contribution in [-0.4, -0.2) is 33.3 Å². The van der Waals surface area contributed by atoms with E-state index in [9.17, 15) is 4.79 Å². The summed E-state index contributed by atoms with van der Waals surface area (Å²) < 4.78 is 6.66. The summed E-state index contributed by atoms with van der Waals surface area (Å²) in [5.74, 6) is -0.0356. The van der Waals surface area contributed by atoms with Gasteiger partial charge in [-0.2, -0.15) is 5.10 Å². The summed E-state index contributed by atoms with van der Waals surface area (Å²) in [5.41, 5.74) is 3.86. The molecule has 0 bridgehead atoms. The first kappa shape index (κ1) is 14.3. The Morgan fingerprint density at radius 1 is 1.59 bits per heavy atom. The molecule has 0 atom stereocenters. The smallest absolute Gasteiger partial charge is 0.269 e. The molecule has 8 heteroatoms. The number of amides is 1. The lowest BCUT2D eigenvalue weighted by atomic mass is 10.3. The van der Waals surface area contributed by atoms with E-state index >= 15 is 0 Å². The van der Waals surface area contributed by atoms with Crippen LogP contribution in [0.15, 0.2) is 34.1 Å². The zero-order valence-corrected chi connectivity index (χ0v) is 12.1. The molecule has 0 aromatic carbocycles. The molecule has 0 spiro atoms. The lowest BCUT2D eigenvalue weighted by molar-refractivity contribution is 0.0947. The van der Waals surface area contributed by atoms with Crippen molar-refractivity contribution in [3.63, 3.8) is 0 Å². The molecule has 2 heterocycles. The molecule has 1 amide bonds. The van der Waals surface area contributed by atoms with Gasteiger partial charge in [-0.3, -0.25) is 20.2 Å². The molecule has 2 aromatic heterocycles. The second-order valence-electron chi connectivity index (χ2n) is 5.18. The van der Waals surface area contributed by atoms with Crippen molar-refractivity contribution in [1.82, 2.24) is 20.6 Å². The lowest BCUT2D eigenvalue weighted by Crippen LogP contribution is -2.36. The van der Waals surface area contributed by atoms with Crippen LogP contribution in [0.3, 0.4) is 0 Å². The maximum absolute atomic E-state index is 12.3. The Morgan fingerprint density at radius 2 is 2.41 bits per heavy atom. The van der Waals surface area contributed by atoms with Gasteiger partial charge in [0.15, 0.2) is 0 Å². The molecule has 2 aromatic rings. The summed E-state index contributed by atoms with van der Waals surface area (Å²) >= 11 is 0. The first-order valence-electron chi connectivity index (χ1n) is 7.01. The fraction of sp³-hybridized carbons (Fsp3) is 0.357. The van der Waals surface area contributed by atoms with Crippen molar-refractivity contribution in [2.75, 3.05) is 6.54 Å². The summed E-state index contributed by atoms with van der Waals surface area (Å²) in [5, 5.41) is 16.2. The number of hydrogen-bond acceptors (Lipinski definition) is 5. The largest absolute Gasteiger partial charge is 0.470 e. The molecule has 1 fully saturated rings. The van der Waals surface area contributed by atoms with Crippen LogP contribution in [0.5, 0.6) is 0 Å². The van der Waals surface area contributed by atoms with Crippen molar-refractivity contribution in [3.8, 4) is 0 Å². The van der Waals surface area contributed by atoms with Crippen molar-refractivity contribution in [2.24, 2.45) is 4.99 Å². The van der Waals surface area contributed by atoms with Gasteiger partial charge in [-0.1, -0.05) is 0 Å². The maximum Gasteiger partial charge on any atom is 0.269 e. The van der Waals surface area contributed by atoms with Gasteiger partial charge in [0.25, 0.3) is 5.91 Å². The number of furan rings is 1. The number of hydroxylamine groups is 1. The van der Waals surface area contributed by atoms with Crippen molar-refractivity contribution in [2.45, 2.75) is 25.8 Å². The van der Waals surface area contributed by atoms with E-state index in [1.807, 2.05) is 12.4 Å². The molecular formula is C14H17N5O3. The van der Waals surface area contributed by atoms with Crippen molar-refractivity contribution < 1.29 is 14.4 Å². The number of nitrogens with zero attached hydrogens (tertiary/aromatic N) is 3. The molecule has 1 aliphatic rings. The molecule has 3 N–H and O–H groups in total. The summed E-state index contributed by atoms with van der Waals surface area (Å²) in [6, 6.07) is 3.72. The van der Waals surface area contributed by atoms with Crippen LogP contribution >= 0.6 is 0 Å². The van der Waals surface area contributed by atoms with Gasteiger partial charge in [-0.15, -0.1) is 0 Å². The number of aromatic nitrogens is 2. The Balaban J connectivity index is 1.66. The zero-order chi connectivity index (χ0) is 15.5. The van der Waals surface area contributed by atoms with Gasteiger partial charge in [-0.25, -0.2) is 4.99 Å². The van der Waals surface area contributed by atoms with Crippen LogP contribution in [0.4, 0.5) is 5.69 Å². The maximum atomic E-state index is 12.3. The summed E-state index contributed by atoms with van der Waals surface area (Å²) in [6.45, 7) is 1.92. The Morgan fingerprint density at radius 3 is 3.05 bits per heavy atom. The molecule has 8 nitrogen and oxygen atoms in total. The number of carbonyl (C=O) groups is 1. The third-order valence-corrected chi connectivity index (χ3v) is 3.30. The number of aryl methyl sites for hydroxylation is 1. The second-order valence-corrected chi connectivity index (χ2v) is 5.18. The number of hydrogen-bond donors (Lipinski definition) is 3. The van der Waals surface area contributed by atoms with Crippen LogP contribution in [0.25, 0.3) is 0 Å². The predicted octanol–water partition coefficient (Wildman–Crippen LogP) is 1.56. The first-order valence-corrected chi connectivity index (χ1v) is 7.01. The highest BCUT2D eigenvalue weighted by molar-refractivity contribution is 5.96. The number of nitrogens with one attached hydrogen (secondary N) is 2. The van der Waals surface area contributed by atoms with E-state index in [-0.39, 0.29) is 18.3 Å². The SMILES string of the molecule is Cc1cc(C(=O)NCC(=Nc2ccoc2)NO)n(C2CC2)n1. The van der Waals surface area contributed by atoms with E-state index in [0.29, 0.717) is 17.4 Å². The fourth-order valence-corrected chi connectivity index (χ4v) is 2.12. The highest BCUT2D eigenvalue weighted by Gasteiger charge is 2.29. The fourth-order valence-electron chi connectivity index (χ4n) is 2.12. The van der Waals surface area contributed by atoms with E-state index in [1.165, 1.54) is 12.5 Å². The Hall–Kier alpha value is -2.61. The standard InChI is InChI=1S/C14H17N5O3/c1-9-6-12(19(17-9)11-2-3-11)14(20)15-7-13(18-21)16-10-4-5-22-8-10/h4-6,8,11,21H,2-3,7H2,1H3,(H,15,20)(H,16,18). The van der Waals surface area contributed by atoms with Crippen LogP contribution in [0.2, 0.25) is 0 Å². The van der Waals surface area contributed by atoms with Gasteiger partial charge in [0.1, 0.15) is 23.5 Å². The monoisotopic (exact) mass is 303 g/mol. The van der Waals surface area contributed by atoms with E-state index < -0.39 is 0 Å². The number of carbonyl (C=O) groups excluding carboxylic acids is 1. The molecule has 0 saturated heterocycles. The molecule has 1 aliphatic carbocycles. The molecule has 1 saturated carbocycles. The quantitative estimate of drug-likeness (QED) is 0.441. The highest BCUT2D eigenvalue weighted by Crippen LogP contribution is 2.35. The Labute approximate surface area is 126 Å². The normalized spacial score (nSPS) is 14.9. The minimum absolute atomic E-state index is 0.0649. The molecular weight excluding hydrogens is 286 g/mol. The number of rotatable bonds is 5. The van der Waals surface area contributed by atoms with Crippen molar-refractivity contribution in [1.29, 1.82) is 0 Å². The number of amidine groups is 1. The van der Waals surface area contributed by atoms with Gasteiger partial charge in [0.05, 0.1) is 24.5 Å². The molecule has 3 rings (SSSR count). The molecule has 0 radical (unpaired) electrons. The number of aliphatic imine (C=N–C) groups is 1. The van der Waals surface area contributed by atoms with Gasteiger partial charge in [-0.05, 0) is 25.8 Å². The van der Waals surface area contributed by atoms with Crippen LogP contribution in [0, 0.1) is 6.92 Å². The van der Waals surface area contributed by atoms with E-state index in [4.69, 9.17) is 9.62 Å². The zero-order valence-electron chi connectivity index (χ0n) is 12.1. The molecule has 116 valence electrons. The summed E-state index contributed by atoms with van der Waals surface area (Å²) in [6.07, 6.45) is 5.01. The second kappa shape index (κ2) is 6.02. The first-order chi connectivity index (χ1) is 10.7. The highest BCUT2D eigenvalue weighted by atomic mass is 16.5. The average Bonchev–Trinajstić information content (AvgIpc) is 3.09. The summed E-state index contributed by atoms with van der Waals surface area (Å²) in [4.78, 5) is 16.4. The molecule has 0 aliphatic heterocycles. The van der Waals surface area contributed by atoms with Gasteiger partial charge < -0.3 is 9.73 Å². The van der Waals surface area contributed by atoms with Crippen molar-refractivity contribution >= 4 is 17.4 Å². The van der Waals surface area contributed by atoms with Crippen LogP contribution in [-0.2, 0) is 0 Å². The Bertz CT molecular complexity index is 685. The topological polar surface area (TPSA) is 105 Å². The minimum atomic E-state index is -0.248. The summed E-state index contributed by atoms with van der Waals surface area (Å²) in [7, 11) is 0. The van der Waals surface area contributed by atoms with E-state index in [0.717, 1.165) is 18.5 Å². The Kier molecular flexibility index (Phi) is 3.92. The third kappa shape index (κ3) is 3.17. The van der Waals surface area contributed by atoms with Crippen molar-refractivity contribution in [3.05, 3.63) is 36.0 Å². The minimum Gasteiger partial charge on any atom is -0.470 e. The average molecular weight is 303 g/mol. The van der Waals surface area contributed by atoms with Gasteiger partial charge in [0, 0.05) is 6.07 Å². The molecule has 0 unspecified atom stereocenters. The van der Waals surface area contributed by atoms with Gasteiger partial charge >= 0.3 is 0 Å². The van der Waals surface area contributed by atoms with E-state index in [1.54, 1.807) is 16.8 Å². The third-order valence-electron chi connectivity index (χ3n) is 3.30. The predicted molar refractivity (Wildman–Crippen MR) is 78.3 cm³/mol. The lowest BCUT2D eigenvalue weighted by Gasteiger charge is -2.08. The van der Waals surface area contributed by atoms with Crippen LogP contribution < -0.4 is 10.8 Å².